The first-order valence-electron chi connectivity index (χ1n) is 5.49. The van der Waals surface area contributed by atoms with E-state index in [-0.39, 0.29) is 11.6 Å². The normalized spacial score (nSPS) is 19.6. The third-order valence-corrected chi connectivity index (χ3v) is 3.13. The van der Waals surface area contributed by atoms with E-state index in [1.807, 2.05) is 0 Å². The highest BCUT2D eigenvalue weighted by Crippen LogP contribution is 2.32. The summed E-state index contributed by atoms with van der Waals surface area (Å²) >= 11 is 4.10. The first kappa shape index (κ1) is 11.9. The van der Waals surface area contributed by atoms with E-state index in [1.54, 1.807) is 0 Å². The SMILES string of the molecule is CC1(OC(=O)CCCCS)CCCC1. The average molecular weight is 216 g/mol. The minimum atomic E-state index is -0.155. The van der Waals surface area contributed by atoms with E-state index in [1.165, 1.54) is 12.8 Å². The third-order valence-electron chi connectivity index (χ3n) is 2.81. The zero-order valence-corrected chi connectivity index (χ0v) is 9.81. The Morgan fingerprint density at radius 3 is 2.57 bits per heavy atom. The molecule has 0 spiro atoms. The maximum atomic E-state index is 11.4. The Hall–Kier alpha value is -0.180. The van der Waals surface area contributed by atoms with Crippen LogP contribution in [0.5, 0.6) is 0 Å². The fourth-order valence-electron chi connectivity index (χ4n) is 1.93. The number of hydrogen-bond acceptors (Lipinski definition) is 3. The molecule has 0 aromatic carbocycles. The zero-order chi connectivity index (χ0) is 10.4. The number of carbonyl (C=O) groups excluding carboxylic acids is 1. The van der Waals surface area contributed by atoms with E-state index >= 15 is 0 Å². The van der Waals surface area contributed by atoms with E-state index in [0.29, 0.717) is 6.42 Å². The number of rotatable bonds is 5. The summed E-state index contributed by atoms with van der Waals surface area (Å²) in [5.41, 5.74) is -0.155. The molecule has 1 aliphatic carbocycles. The van der Waals surface area contributed by atoms with Crippen LogP contribution in [-0.2, 0) is 9.53 Å². The Balaban J connectivity index is 2.19. The van der Waals surface area contributed by atoms with E-state index in [4.69, 9.17) is 4.74 Å². The smallest absolute Gasteiger partial charge is 0.306 e. The molecule has 0 aromatic rings. The fraction of sp³-hybridized carbons (Fsp3) is 0.909. The van der Waals surface area contributed by atoms with Gasteiger partial charge < -0.3 is 4.74 Å². The molecule has 0 aromatic heterocycles. The number of carbonyl (C=O) groups is 1. The topological polar surface area (TPSA) is 26.3 Å². The van der Waals surface area contributed by atoms with Crippen LogP contribution in [0.15, 0.2) is 0 Å². The molecule has 0 radical (unpaired) electrons. The summed E-state index contributed by atoms with van der Waals surface area (Å²) in [6.07, 6.45) is 6.90. The standard InChI is InChI=1S/C11H20O2S/c1-11(7-3-4-8-11)13-10(12)6-2-5-9-14/h14H,2-9H2,1H3. The molecule has 1 saturated carbocycles. The highest BCUT2D eigenvalue weighted by molar-refractivity contribution is 7.80. The summed E-state index contributed by atoms with van der Waals surface area (Å²) in [7, 11) is 0. The van der Waals surface area contributed by atoms with E-state index in [2.05, 4.69) is 19.6 Å². The summed E-state index contributed by atoms with van der Waals surface area (Å²) in [6, 6.07) is 0. The highest BCUT2D eigenvalue weighted by atomic mass is 32.1. The second-order valence-corrected chi connectivity index (χ2v) is 4.76. The second-order valence-electron chi connectivity index (χ2n) is 4.31. The van der Waals surface area contributed by atoms with Crippen LogP contribution in [-0.4, -0.2) is 17.3 Å². The monoisotopic (exact) mass is 216 g/mol. The quantitative estimate of drug-likeness (QED) is 0.434. The van der Waals surface area contributed by atoms with E-state index in [9.17, 15) is 4.79 Å². The molecule has 0 bridgehead atoms. The van der Waals surface area contributed by atoms with Crippen LogP contribution in [0.1, 0.15) is 51.9 Å². The second kappa shape index (κ2) is 5.64. The molecule has 3 heteroatoms. The molecule has 1 rings (SSSR count). The maximum Gasteiger partial charge on any atom is 0.306 e. The largest absolute Gasteiger partial charge is 0.459 e. The first-order valence-corrected chi connectivity index (χ1v) is 6.12. The predicted octanol–water partition coefficient (Wildman–Crippen LogP) is 2.96. The lowest BCUT2D eigenvalue weighted by Gasteiger charge is -2.23. The van der Waals surface area contributed by atoms with Gasteiger partial charge >= 0.3 is 5.97 Å². The number of esters is 1. The summed E-state index contributed by atoms with van der Waals surface area (Å²) in [5, 5.41) is 0. The lowest BCUT2D eigenvalue weighted by Crippen LogP contribution is -2.27. The van der Waals surface area contributed by atoms with Crippen LogP contribution < -0.4 is 0 Å². The van der Waals surface area contributed by atoms with Crippen molar-refractivity contribution in [3.05, 3.63) is 0 Å². The van der Waals surface area contributed by atoms with Gasteiger partial charge in [0.25, 0.3) is 0 Å². The lowest BCUT2D eigenvalue weighted by atomic mass is 10.1. The molecule has 0 saturated heterocycles. The molecular formula is C11H20O2S. The van der Waals surface area contributed by atoms with Crippen molar-refractivity contribution in [2.75, 3.05) is 5.75 Å². The van der Waals surface area contributed by atoms with Gasteiger partial charge in [-0.3, -0.25) is 4.79 Å². The Labute approximate surface area is 91.8 Å². The van der Waals surface area contributed by atoms with Gasteiger partial charge in [-0.05, 0) is 51.2 Å². The van der Waals surface area contributed by atoms with Crippen molar-refractivity contribution in [1.29, 1.82) is 0 Å². The van der Waals surface area contributed by atoms with Crippen LogP contribution >= 0.6 is 12.6 Å². The minimum absolute atomic E-state index is 0.0313. The van der Waals surface area contributed by atoms with E-state index < -0.39 is 0 Å². The molecule has 0 atom stereocenters. The summed E-state index contributed by atoms with van der Waals surface area (Å²) in [5.74, 6) is 0.820. The van der Waals surface area contributed by atoms with Gasteiger partial charge in [-0.15, -0.1) is 0 Å². The molecule has 0 unspecified atom stereocenters. The third kappa shape index (κ3) is 3.91. The van der Waals surface area contributed by atoms with Gasteiger partial charge in [-0.2, -0.15) is 12.6 Å². The van der Waals surface area contributed by atoms with Gasteiger partial charge in [0.2, 0.25) is 0 Å². The van der Waals surface area contributed by atoms with Gasteiger partial charge in [0.15, 0.2) is 0 Å². The van der Waals surface area contributed by atoms with Crippen molar-refractivity contribution in [2.45, 2.75) is 57.5 Å². The maximum absolute atomic E-state index is 11.4. The van der Waals surface area contributed by atoms with Crippen molar-refractivity contribution < 1.29 is 9.53 Å². The minimum Gasteiger partial charge on any atom is -0.459 e. The fourth-order valence-corrected chi connectivity index (χ4v) is 2.16. The number of thiol groups is 1. The van der Waals surface area contributed by atoms with Gasteiger partial charge in [-0.25, -0.2) is 0 Å². The molecule has 1 fully saturated rings. The van der Waals surface area contributed by atoms with Crippen molar-refractivity contribution in [2.24, 2.45) is 0 Å². The van der Waals surface area contributed by atoms with E-state index in [0.717, 1.165) is 31.4 Å². The zero-order valence-electron chi connectivity index (χ0n) is 8.92. The van der Waals surface area contributed by atoms with Crippen LogP contribution in [0, 0.1) is 0 Å². The van der Waals surface area contributed by atoms with Gasteiger partial charge in [0.1, 0.15) is 5.60 Å². The Bertz CT molecular complexity index is 186. The van der Waals surface area contributed by atoms with Crippen LogP contribution in [0.4, 0.5) is 0 Å². The number of ether oxygens (including phenoxy) is 1. The van der Waals surface area contributed by atoms with Gasteiger partial charge in [0.05, 0.1) is 0 Å². The first-order chi connectivity index (χ1) is 6.66. The van der Waals surface area contributed by atoms with Gasteiger partial charge in [0, 0.05) is 6.42 Å². The molecule has 0 heterocycles. The summed E-state index contributed by atoms with van der Waals surface area (Å²) < 4.78 is 5.48. The van der Waals surface area contributed by atoms with Crippen LogP contribution in [0.25, 0.3) is 0 Å². The molecule has 82 valence electrons. The number of hydrogen-bond donors (Lipinski definition) is 1. The molecule has 0 N–H and O–H groups in total. The van der Waals surface area contributed by atoms with Crippen LogP contribution in [0.2, 0.25) is 0 Å². The molecule has 14 heavy (non-hydrogen) atoms. The Morgan fingerprint density at radius 2 is 2.00 bits per heavy atom. The van der Waals surface area contributed by atoms with Crippen molar-refractivity contribution in [3.8, 4) is 0 Å². The van der Waals surface area contributed by atoms with Crippen molar-refractivity contribution in [1.82, 2.24) is 0 Å². The number of unbranched alkanes of at least 4 members (excludes halogenated alkanes) is 1. The van der Waals surface area contributed by atoms with Crippen LogP contribution in [0.3, 0.4) is 0 Å². The Morgan fingerprint density at radius 1 is 1.36 bits per heavy atom. The predicted molar refractivity (Wildman–Crippen MR) is 60.7 cm³/mol. The molecule has 0 aliphatic heterocycles. The summed E-state index contributed by atoms with van der Waals surface area (Å²) in [6.45, 7) is 2.05. The summed E-state index contributed by atoms with van der Waals surface area (Å²) in [4.78, 5) is 11.4. The molecule has 0 amide bonds. The Kier molecular flexibility index (Phi) is 4.79. The molecular weight excluding hydrogens is 196 g/mol. The molecule has 2 nitrogen and oxygen atoms in total. The average Bonchev–Trinajstić information content (AvgIpc) is 2.52. The lowest BCUT2D eigenvalue weighted by molar-refractivity contribution is -0.157. The highest BCUT2D eigenvalue weighted by Gasteiger charge is 2.32. The van der Waals surface area contributed by atoms with Crippen molar-refractivity contribution in [3.63, 3.8) is 0 Å². The van der Waals surface area contributed by atoms with Gasteiger partial charge in [-0.1, -0.05) is 0 Å². The van der Waals surface area contributed by atoms with Crippen molar-refractivity contribution >= 4 is 18.6 Å². The molecule has 1 aliphatic rings.